The van der Waals surface area contributed by atoms with Crippen LogP contribution in [0.5, 0.6) is 5.75 Å². The lowest BCUT2D eigenvalue weighted by atomic mass is 9.79. The van der Waals surface area contributed by atoms with Crippen molar-refractivity contribution in [3.8, 4) is 5.75 Å². The summed E-state index contributed by atoms with van der Waals surface area (Å²) in [6, 6.07) is 7.21. The van der Waals surface area contributed by atoms with Crippen molar-refractivity contribution in [3.63, 3.8) is 0 Å². The van der Waals surface area contributed by atoms with E-state index in [1.54, 1.807) is 24.3 Å². The van der Waals surface area contributed by atoms with E-state index in [0.29, 0.717) is 17.6 Å². The molecule has 2 saturated heterocycles. The SMILES string of the molecule is COC(=O)[C@@H]1N([C@@H](COC(C)=O)c2ccc(OC)cc2)C(=O)[C@H]2[C@H]3[C@H](C=CCN3S(=O)(=O)c3ccccc3[N+](=O)[O-])O[C@@]12CC=O. The Bertz CT molecular complexity index is 1690. The molecular formula is C30H31N3O12S. The lowest BCUT2D eigenvalue weighted by molar-refractivity contribution is -0.387. The number of esters is 2. The third-order valence-electron chi connectivity index (χ3n) is 8.52. The average Bonchev–Trinajstić information content (AvgIpc) is 3.49. The summed E-state index contributed by atoms with van der Waals surface area (Å²) in [5, 5.41) is 11.8. The van der Waals surface area contributed by atoms with Crippen molar-refractivity contribution in [3.05, 3.63) is 76.4 Å². The number of amides is 1. The predicted octanol–water partition coefficient (Wildman–Crippen LogP) is 1.56. The summed E-state index contributed by atoms with van der Waals surface area (Å²) in [5.41, 5.74) is -2.16. The number of aldehydes is 1. The van der Waals surface area contributed by atoms with Gasteiger partial charge in [-0.15, -0.1) is 0 Å². The molecule has 16 heteroatoms. The van der Waals surface area contributed by atoms with Crippen LogP contribution in [-0.4, -0.2) is 97.8 Å². The van der Waals surface area contributed by atoms with Crippen molar-refractivity contribution >= 4 is 39.8 Å². The second-order valence-electron chi connectivity index (χ2n) is 10.9. The highest BCUT2D eigenvalue weighted by atomic mass is 32.2. The first kappa shape index (κ1) is 32.7. The fourth-order valence-electron chi connectivity index (χ4n) is 6.64. The maximum absolute atomic E-state index is 14.7. The fourth-order valence-corrected chi connectivity index (χ4v) is 8.39. The molecule has 0 radical (unpaired) electrons. The Balaban J connectivity index is 1.68. The second-order valence-corrected chi connectivity index (χ2v) is 12.7. The summed E-state index contributed by atoms with van der Waals surface area (Å²) in [4.78, 5) is 64.0. The van der Waals surface area contributed by atoms with E-state index in [1.165, 1.54) is 38.3 Å². The number of fused-ring (bicyclic) bond motifs is 3. The molecule has 244 valence electrons. The molecule has 0 N–H and O–H groups in total. The zero-order valence-electron chi connectivity index (χ0n) is 25.0. The van der Waals surface area contributed by atoms with Crippen molar-refractivity contribution in [1.82, 2.24) is 9.21 Å². The van der Waals surface area contributed by atoms with Crippen LogP contribution in [0.1, 0.15) is 24.9 Å². The number of nitro groups is 1. The number of likely N-dealkylation sites (tertiary alicyclic amines) is 1. The van der Waals surface area contributed by atoms with Gasteiger partial charge < -0.3 is 28.6 Å². The Hall–Kier alpha value is -4.67. The van der Waals surface area contributed by atoms with E-state index >= 15 is 0 Å². The van der Waals surface area contributed by atoms with Gasteiger partial charge in [-0.2, -0.15) is 4.31 Å². The summed E-state index contributed by atoms with van der Waals surface area (Å²) >= 11 is 0. The van der Waals surface area contributed by atoms with Gasteiger partial charge in [0.05, 0.1) is 43.2 Å². The molecule has 0 aromatic heterocycles. The van der Waals surface area contributed by atoms with Crippen LogP contribution in [0.25, 0.3) is 0 Å². The largest absolute Gasteiger partial charge is 0.497 e. The second kappa shape index (κ2) is 12.6. The molecule has 3 aliphatic rings. The maximum Gasteiger partial charge on any atom is 0.331 e. The van der Waals surface area contributed by atoms with Crippen LogP contribution in [0, 0.1) is 16.0 Å². The monoisotopic (exact) mass is 657 g/mol. The third-order valence-corrected chi connectivity index (χ3v) is 10.4. The third kappa shape index (κ3) is 5.31. The molecule has 46 heavy (non-hydrogen) atoms. The molecule has 15 nitrogen and oxygen atoms in total. The Morgan fingerprint density at radius 3 is 2.48 bits per heavy atom. The van der Waals surface area contributed by atoms with E-state index in [2.05, 4.69) is 0 Å². The molecule has 2 aromatic rings. The number of hydrogen-bond donors (Lipinski definition) is 0. The highest BCUT2D eigenvalue weighted by molar-refractivity contribution is 7.89. The highest BCUT2D eigenvalue weighted by Crippen LogP contribution is 2.54. The number of nitro benzene ring substituents is 1. The number of carbonyl (C=O) groups is 4. The van der Waals surface area contributed by atoms with Crippen LogP contribution in [0.15, 0.2) is 65.6 Å². The van der Waals surface area contributed by atoms with Crippen LogP contribution in [0.2, 0.25) is 0 Å². The number of methoxy groups -OCH3 is 2. The van der Waals surface area contributed by atoms with Crippen LogP contribution >= 0.6 is 0 Å². The quantitative estimate of drug-likeness (QED) is 0.112. The molecule has 0 spiro atoms. The molecule has 2 fully saturated rings. The Morgan fingerprint density at radius 1 is 1.17 bits per heavy atom. The van der Waals surface area contributed by atoms with Crippen LogP contribution < -0.4 is 4.74 Å². The first-order valence-corrected chi connectivity index (χ1v) is 15.6. The number of para-hydroxylation sites is 1. The molecule has 3 aliphatic heterocycles. The van der Waals surface area contributed by atoms with Gasteiger partial charge in [0.2, 0.25) is 5.91 Å². The minimum atomic E-state index is -4.66. The van der Waals surface area contributed by atoms with Crippen molar-refractivity contribution in [2.45, 2.75) is 48.1 Å². The Morgan fingerprint density at radius 2 is 1.87 bits per heavy atom. The average molecular weight is 658 g/mol. The number of rotatable bonds is 11. The van der Waals surface area contributed by atoms with Gasteiger partial charge in [0.15, 0.2) is 10.9 Å². The van der Waals surface area contributed by atoms with E-state index in [9.17, 15) is 37.7 Å². The fraction of sp³-hybridized carbons (Fsp3) is 0.400. The molecule has 0 bridgehead atoms. The molecule has 5 rings (SSSR count). The van der Waals surface area contributed by atoms with Gasteiger partial charge in [-0.1, -0.05) is 36.4 Å². The number of ether oxygens (including phenoxy) is 4. The topological polar surface area (TPSA) is 189 Å². The Labute approximate surface area is 263 Å². The smallest absolute Gasteiger partial charge is 0.331 e. The molecule has 0 saturated carbocycles. The first-order valence-electron chi connectivity index (χ1n) is 14.1. The summed E-state index contributed by atoms with van der Waals surface area (Å²) in [6.07, 6.45) is 1.85. The van der Waals surface area contributed by atoms with E-state index in [1.807, 2.05) is 0 Å². The predicted molar refractivity (Wildman–Crippen MR) is 157 cm³/mol. The molecule has 3 heterocycles. The van der Waals surface area contributed by atoms with Gasteiger partial charge >= 0.3 is 11.9 Å². The van der Waals surface area contributed by atoms with Crippen molar-refractivity contribution in [1.29, 1.82) is 0 Å². The minimum Gasteiger partial charge on any atom is -0.497 e. The van der Waals surface area contributed by atoms with Gasteiger partial charge in [0, 0.05) is 26.0 Å². The van der Waals surface area contributed by atoms with Gasteiger partial charge in [-0.25, -0.2) is 13.2 Å². The van der Waals surface area contributed by atoms with Gasteiger partial charge in [-0.3, -0.25) is 19.7 Å². The van der Waals surface area contributed by atoms with E-state index in [-0.39, 0.29) is 6.54 Å². The van der Waals surface area contributed by atoms with Gasteiger partial charge in [0.1, 0.15) is 24.2 Å². The zero-order chi connectivity index (χ0) is 33.4. The van der Waals surface area contributed by atoms with Crippen LogP contribution in [-0.2, 0) is 43.4 Å². The number of carbonyl (C=O) groups excluding carboxylic acids is 4. The van der Waals surface area contributed by atoms with Gasteiger partial charge in [-0.05, 0) is 23.8 Å². The molecule has 0 aliphatic carbocycles. The van der Waals surface area contributed by atoms with Crippen molar-refractivity contribution in [2.24, 2.45) is 5.92 Å². The van der Waals surface area contributed by atoms with Crippen molar-refractivity contribution in [2.75, 3.05) is 27.4 Å². The minimum absolute atomic E-state index is 0.280. The number of benzene rings is 2. The van der Waals surface area contributed by atoms with E-state index in [4.69, 9.17) is 18.9 Å². The summed E-state index contributed by atoms with van der Waals surface area (Å²) in [6.45, 7) is 0.486. The standard InChI is InChI=1S/C30H31N3O12S/c1-18(35)44-17-22(19-10-12-20(42-2)13-11-19)32-27(29(37)43-3)30(14-16-34)25(28(32)36)26-23(45-30)8-6-15-31(26)46(40,41)24-9-5-4-7-21(24)33(38)39/h4-13,16,22-23,25-27H,14-15,17H2,1-3H3/t22-,23-,25+,26+,27-,30+/m0/s1. The lowest BCUT2D eigenvalue weighted by Crippen LogP contribution is -2.54. The van der Waals surface area contributed by atoms with Crippen LogP contribution in [0.3, 0.4) is 0 Å². The summed E-state index contributed by atoms with van der Waals surface area (Å²) < 4.78 is 51.3. The van der Waals surface area contributed by atoms with E-state index in [0.717, 1.165) is 28.4 Å². The normalized spacial score (nSPS) is 26.2. The Kier molecular flexibility index (Phi) is 8.97. The highest BCUT2D eigenvalue weighted by Gasteiger charge is 2.73. The summed E-state index contributed by atoms with van der Waals surface area (Å²) in [7, 11) is -2.10. The van der Waals surface area contributed by atoms with Gasteiger partial charge in [0.25, 0.3) is 15.7 Å². The maximum atomic E-state index is 14.7. The molecule has 6 atom stereocenters. The number of nitrogens with zero attached hydrogens (tertiary/aromatic N) is 3. The lowest BCUT2D eigenvalue weighted by Gasteiger charge is -2.38. The van der Waals surface area contributed by atoms with E-state index < -0.39 is 92.2 Å². The summed E-state index contributed by atoms with van der Waals surface area (Å²) in [5.74, 6) is -3.35. The molecule has 1 amide bonds. The molecule has 0 unspecified atom stereocenters. The van der Waals surface area contributed by atoms with Crippen molar-refractivity contribution < 1.29 is 51.5 Å². The first-order chi connectivity index (χ1) is 21.9. The molecular weight excluding hydrogens is 626 g/mol. The number of hydrogen-bond acceptors (Lipinski definition) is 12. The molecule has 2 aromatic carbocycles. The number of sulfonamides is 1. The van der Waals surface area contributed by atoms with Crippen LogP contribution in [0.4, 0.5) is 5.69 Å². The zero-order valence-corrected chi connectivity index (χ0v) is 25.8.